The average Bonchev–Trinajstić information content (AvgIpc) is 3.57. The molecule has 9 rings (SSSR count). The van der Waals surface area contributed by atoms with Gasteiger partial charge in [-0.3, -0.25) is 0 Å². The van der Waals surface area contributed by atoms with Gasteiger partial charge in [0, 0.05) is 25.7 Å². The molecule has 0 bridgehead atoms. The highest BCUT2D eigenvalue weighted by atomic mass is 32.1. The number of hydrogen-bond acceptors (Lipinski definition) is 4. The summed E-state index contributed by atoms with van der Waals surface area (Å²) in [4.78, 5) is 0. The Kier molecular flexibility index (Phi) is 7.34. The van der Waals surface area contributed by atoms with Crippen molar-refractivity contribution in [1.82, 2.24) is 15.4 Å². The van der Waals surface area contributed by atoms with Gasteiger partial charge < -0.3 is 0 Å². The van der Waals surface area contributed by atoms with E-state index in [1.165, 1.54) is 48.0 Å². The number of aromatic nitrogens is 3. The molecule has 2 heterocycles. The third-order valence-corrected chi connectivity index (χ3v) is 10.4. The van der Waals surface area contributed by atoms with Crippen LogP contribution in [0.5, 0.6) is 0 Å². The molecule has 49 heavy (non-hydrogen) atoms. The van der Waals surface area contributed by atoms with Crippen LogP contribution in [0, 0.1) is 0 Å². The minimum atomic E-state index is 0.778. The van der Waals surface area contributed by atoms with Crippen molar-refractivity contribution in [3.63, 3.8) is 0 Å². The second-order valence-electron chi connectivity index (χ2n) is 12.0. The Morgan fingerprint density at radius 2 is 0.959 bits per heavy atom. The lowest BCUT2D eigenvalue weighted by atomic mass is 9.80. The summed E-state index contributed by atoms with van der Waals surface area (Å²) in [6, 6.07) is 60.6. The van der Waals surface area contributed by atoms with Crippen molar-refractivity contribution in [2.75, 3.05) is 0 Å². The zero-order valence-corrected chi connectivity index (χ0v) is 27.3. The van der Waals surface area contributed by atoms with Gasteiger partial charge in [-0.2, -0.15) is 0 Å². The number of rotatable bonds is 6. The fourth-order valence-corrected chi connectivity index (χ4v) is 8.24. The SMILES string of the molecule is c1ccc(-c2ccccc2-c2ccc3sc4ccccc4c3c2-c2ccc(-c3ccccc3)c(-c3ccccc3)c2-c2ccnnn2)cc1. The highest BCUT2D eigenvalue weighted by molar-refractivity contribution is 7.26. The Bertz CT molecular complexity index is 2580. The van der Waals surface area contributed by atoms with Crippen molar-refractivity contribution in [2.45, 2.75) is 0 Å². The monoisotopic (exact) mass is 643 g/mol. The van der Waals surface area contributed by atoms with Gasteiger partial charge in [0.25, 0.3) is 0 Å². The van der Waals surface area contributed by atoms with E-state index < -0.39 is 0 Å². The first-order valence-electron chi connectivity index (χ1n) is 16.4. The third-order valence-electron chi connectivity index (χ3n) is 9.23. The Hall–Kier alpha value is -6.23. The summed E-state index contributed by atoms with van der Waals surface area (Å²) in [6.07, 6.45) is 1.74. The van der Waals surface area contributed by atoms with E-state index in [2.05, 4.69) is 174 Å². The molecule has 0 radical (unpaired) electrons. The van der Waals surface area contributed by atoms with Crippen molar-refractivity contribution in [3.05, 3.63) is 176 Å². The molecule has 0 aliphatic rings. The summed E-state index contributed by atoms with van der Waals surface area (Å²) in [5, 5.41) is 15.4. The van der Waals surface area contributed by atoms with Crippen LogP contribution >= 0.6 is 11.3 Å². The van der Waals surface area contributed by atoms with E-state index in [-0.39, 0.29) is 0 Å². The zero-order valence-electron chi connectivity index (χ0n) is 26.5. The lowest BCUT2D eigenvalue weighted by molar-refractivity contribution is 0.871. The number of benzene rings is 7. The van der Waals surface area contributed by atoms with E-state index in [9.17, 15) is 0 Å². The molecule has 0 fully saturated rings. The first-order chi connectivity index (χ1) is 24.3. The minimum absolute atomic E-state index is 0.778. The van der Waals surface area contributed by atoms with Crippen molar-refractivity contribution < 1.29 is 0 Å². The number of nitrogens with zero attached hydrogens (tertiary/aromatic N) is 3. The van der Waals surface area contributed by atoms with Gasteiger partial charge in [0.05, 0.1) is 11.9 Å². The van der Waals surface area contributed by atoms with Crippen molar-refractivity contribution >= 4 is 31.5 Å². The molecule has 0 aliphatic heterocycles. The van der Waals surface area contributed by atoms with Crippen LogP contribution < -0.4 is 0 Å². The maximum Gasteiger partial charge on any atom is 0.0976 e. The Labute approximate surface area is 288 Å². The van der Waals surface area contributed by atoms with Crippen molar-refractivity contribution in [1.29, 1.82) is 0 Å². The van der Waals surface area contributed by atoms with Gasteiger partial charge in [0.15, 0.2) is 0 Å². The molecule has 3 nitrogen and oxygen atoms in total. The number of thiophene rings is 1. The molecule has 0 N–H and O–H groups in total. The van der Waals surface area contributed by atoms with Crippen molar-refractivity contribution in [3.8, 4) is 66.9 Å². The van der Waals surface area contributed by atoms with Crippen LogP contribution in [0.2, 0.25) is 0 Å². The Morgan fingerprint density at radius 1 is 0.367 bits per heavy atom. The summed E-state index contributed by atoms with van der Waals surface area (Å²) in [5.74, 6) is 0. The van der Waals surface area contributed by atoms with Crippen LogP contribution in [0.25, 0.3) is 87.1 Å². The summed E-state index contributed by atoms with van der Waals surface area (Å²) >= 11 is 1.84. The minimum Gasteiger partial charge on any atom is -0.139 e. The lowest BCUT2D eigenvalue weighted by Crippen LogP contribution is -1.99. The highest BCUT2D eigenvalue weighted by Crippen LogP contribution is 2.52. The molecule has 7 aromatic carbocycles. The first-order valence-corrected chi connectivity index (χ1v) is 17.2. The third kappa shape index (κ3) is 5.10. The van der Waals surface area contributed by atoms with E-state index in [4.69, 9.17) is 5.10 Å². The van der Waals surface area contributed by atoms with Gasteiger partial charge in [0.2, 0.25) is 0 Å². The van der Waals surface area contributed by atoms with Gasteiger partial charge in [-0.1, -0.05) is 152 Å². The van der Waals surface area contributed by atoms with Crippen LogP contribution in [0.3, 0.4) is 0 Å². The average molecular weight is 644 g/mol. The van der Waals surface area contributed by atoms with Gasteiger partial charge in [-0.15, -0.1) is 21.5 Å². The predicted octanol–water partition coefficient (Wildman–Crippen LogP) is 12.2. The molecule has 0 spiro atoms. The Morgan fingerprint density at radius 3 is 1.67 bits per heavy atom. The van der Waals surface area contributed by atoms with Crippen LogP contribution in [0.15, 0.2) is 176 Å². The summed E-state index contributed by atoms with van der Waals surface area (Å²) in [5.41, 5.74) is 13.3. The standard InChI is InChI=1S/C45H29N3S/c1-4-14-30(15-5-1)33-20-10-11-21-35(33)36-26-27-41-45(37-22-12-13-23-40(37)49-41)43(36)38-25-24-34(31-16-6-2-7-17-31)42(32-18-8-3-9-19-32)44(38)39-28-29-46-48-47-39/h1-29H. The zero-order chi connectivity index (χ0) is 32.6. The topological polar surface area (TPSA) is 38.7 Å². The fourth-order valence-electron chi connectivity index (χ4n) is 7.12. The first kappa shape index (κ1) is 29.0. The largest absolute Gasteiger partial charge is 0.139 e. The highest BCUT2D eigenvalue weighted by Gasteiger charge is 2.25. The second-order valence-corrected chi connectivity index (χ2v) is 13.1. The number of hydrogen-bond donors (Lipinski definition) is 0. The quantitative estimate of drug-likeness (QED) is 0.181. The molecule has 0 amide bonds. The molecule has 0 saturated heterocycles. The van der Waals surface area contributed by atoms with E-state index in [1.54, 1.807) is 6.20 Å². The molecule has 2 aromatic heterocycles. The van der Waals surface area contributed by atoms with E-state index in [0.29, 0.717) is 0 Å². The Balaban J connectivity index is 1.47. The fraction of sp³-hybridized carbons (Fsp3) is 0. The molecule has 9 aromatic rings. The lowest BCUT2D eigenvalue weighted by Gasteiger charge is -2.22. The smallest absolute Gasteiger partial charge is 0.0976 e. The van der Waals surface area contributed by atoms with Crippen LogP contribution in [0.1, 0.15) is 0 Å². The number of fused-ring (bicyclic) bond motifs is 3. The second kappa shape index (κ2) is 12.4. The van der Waals surface area contributed by atoms with Crippen LogP contribution in [0.4, 0.5) is 0 Å². The normalized spacial score (nSPS) is 11.3. The summed E-state index contributed by atoms with van der Waals surface area (Å²) in [7, 11) is 0. The van der Waals surface area contributed by atoms with Crippen LogP contribution in [-0.4, -0.2) is 15.4 Å². The predicted molar refractivity (Wildman–Crippen MR) is 205 cm³/mol. The van der Waals surface area contributed by atoms with Gasteiger partial charge in [0.1, 0.15) is 0 Å². The van der Waals surface area contributed by atoms with Gasteiger partial charge >= 0.3 is 0 Å². The molecule has 230 valence electrons. The van der Waals surface area contributed by atoms with Gasteiger partial charge in [-0.25, -0.2) is 0 Å². The maximum atomic E-state index is 4.70. The summed E-state index contributed by atoms with van der Waals surface area (Å²) in [6.45, 7) is 0. The molecule has 0 atom stereocenters. The van der Waals surface area contributed by atoms with Crippen LogP contribution in [-0.2, 0) is 0 Å². The van der Waals surface area contributed by atoms with E-state index in [1.807, 2.05) is 17.4 Å². The van der Waals surface area contributed by atoms with Gasteiger partial charge in [-0.05, 0) is 79.0 Å². The van der Waals surface area contributed by atoms with E-state index in [0.717, 1.165) is 39.1 Å². The molecule has 0 saturated carbocycles. The molecular weight excluding hydrogens is 615 g/mol. The van der Waals surface area contributed by atoms with E-state index >= 15 is 0 Å². The van der Waals surface area contributed by atoms with Crippen molar-refractivity contribution in [2.24, 2.45) is 0 Å². The summed E-state index contributed by atoms with van der Waals surface area (Å²) < 4.78 is 2.51. The maximum absolute atomic E-state index is 4.70. The molecule has 4 heteroatoms. The molecular formula is C45H29N3S. The molecule has 0 unspecified atom stereocenters. The molecule has 0 aliphatic carbocycles.